The molecule has 3 aromatic rings. The number of aromatic nitrogens is 1. The number of nitro benzene ring substituents is 1. The van der Waals surface area contributed by atoms with Crippen LogP contribution in [0.4, 0.5) is 11.4 Å². The molecule has 40 heavy (non-hydrogen) atoms. The van der Waals surface area contributed by atoms with Crippen molar-refractivity contribution >= 4 is 34.8 Å². The number of fused-ring (bicyclic) bond motifs is 1. The third kappa shape index (κ3) is 5.15. The van der Waals surface area contributed by atoms with Crippen molar-refractivity contribution in [1.82, 2.24) is 4.57 Å². The van der Waals surface area contributed by atoms with E-state index in [9.17, 15) is 19.7 Å². The fraction of sp³-hybridized carbons (Fsp3) is 0.321. The van der Waals surface area contributed by atoms with Gasteiger partial charge in [0.25, 0.3) is 11.2 Å². The Morgan fingerprint density at radius 3 is 2.60 bits per heavy atom. The molecule has 0 spiro atoms. The molecule has 1 saturated heterocycles. The third-order valence-corrected chi connectivity index (χ3v) is 7.79. The van der Waals surface area contributed by atoms with E-state index in [0.29, 0.717) is 58.2 Å². The molecule has 3 heterocycles. The summed E-state index contributed by atoms with van der Waals surface area (Å²) in [6.45, 7) is 5.94. The van der Waals surface area contributed by atoms with Crippen molar-refractivity contribution < 1.29 is 23.9 Å². The van der Waals surface area contributed by atoms with Gasteiger partial charge in [0.15, 0.2) is 4.80 Å². The molecule has 208 valence electrons. The van der Waals surface area contributed by atoms with Gasteiger partial charge in [-0.2, -0.15) is 0 Å². The van der Waals surface area contributed by atoms with Crippen molar-refractivity contribution in [2.24, 2.45) is 4.99 Å². The lowest BCUT2D eigenvalue weighted by atomic mass is 9.96. The number of thiazole rings is 1. The maximum absolute atomic E-state index is 14.0. The predicted molar refractivity (Wildman–Crippen MR) is 150 cm³/mol. The number of rotatable bonds is 7. The summed E-state index contributed by atoms with van der Waals surface area (Å²) in [5.74, 6) is 0.0861. The van der Waals surface area contributed by atoms with Crippen molar-refractivity contribution in [3.63, 3.8) is 0 Å². The Bertz CT molecular complexity index is 1670. The fourth-order valence-corrected chi connectivity index (χ4v) is 5.94. The number of carbonyl (C=O) groups is 1. The van der Waals surface area contributed by atoms with Crippen LogP contribution in [0.25, 0.3) is 6.08 Å². The summed E-state index contributed by atoms with van der Waals surface area (Å²) in [6.07, 6.45) is 1.66. The highest BCUT2D eigenvalue weighted by molar-refractivity contribution is 7.07. The third-order valence-electron chi connectivity index (χ3n) is 6.81. The zero-order valence-corrected chi connectivity index (χ0v) is 23.1. The summed E-state index contributed by atoms with van der Waals surface area (Å²) >= 11 is 1.17. The SMILES string of the molecule is CCOC(=O)C1=C(C)N=c2s/c(=C/c3cc([N+](=O)[O-])ccc3N3CCOCC3)c(=O)n2[C@H]1c1ccc(OC)cc1. The Kier molecular flexibility index (Phi) is 7.81. The first kappa shape index (κ1) is 27.3. The molecule has 0 bridgehead atoms. The Balaban J connectivity index is 1.70. The molecule has 1 fully saturated rings. The van der Waals surface area contributed by atoms with Crippen molar-refractivity contribution in [3.05, 3.63) is 94.7 Å². The predicted octanol–water partition coefficient (Wildman–Crippen LogP) is 2.55. The van der Waals surface area contributed by atoms with E-state index in [0.717, 1.165) is 5.69 Å². The van der Waals surface area contributed by atoms with Gasteiger partial charge < -0.3 is 19.1 Å². The number of allylic oxidation sites excluding steroid dienone is 1. The van der Waals surface area contributed by atoms with Gasteiger partial charge in [-0.25, -0.2) is 9.79 Å². The monoisotopic (exact) mass is 564 g/mol. The lowest BCUT2D eigenvalue weighted by Crippen LogP contribution is -2.40. The molecule has 2 aromatic carbocycles. The van der Waals surface area contributed by atoms with Crippen LogP contribution in [0.5, 0.6) is 5.75 Å². The van der Waals surface area contributed by atoms with Crippen LogP contribution in [0.3, 0.4) is 0 Å². The number of nitrogens with zero attached hydrogens (tertiary/aromatic N) is 4. The first-order valence-electron chi connectivity index (χ1n) is 12.8. The van der Waals surface area contributed by atoms with Crippen LogP contribution in [-0.4, -0.2) is 55.5 Å². The average Bonchev–Trinajstić information content (AvgIpc) is 3.26. The molecule has 2 aliphatic heterocycles. The van der Waals surface area contributed by atoms with E-state index >= 15 is 0 Å². The highest BCUT2D eigenvalue weighted by atomic mass is 32.1. The van der Waals surface area contributed by atoms with E-state index in [4.69, 9.17) is 14.2 Å². The highest BCUT2D eigenvalue weighted by Gasteiger charge is 2.33. The number of ether oxygens (including phenoxy) is 3. The van der Waals surface area contributed by atoms with Crippen molar-refractivity contribution in [1.29, 1.82) is 0 Å². The second-order valence-electron chi connectivity index (χ2n) is 9.18. The number of morpholine rings is 1. The van der Waals surface area contributed by atoms with E-state index < -0.39 is 16.9 Å². The Hall–Kier alpha value is -4.29. The average molecular weight is 565 g/mol. The number of hydrogen-bond donors (Lipinski definition) is 0. The Morgan fingerprint density at radius 2 is 1.95 bits per heavy atom. The molecule has 0 N–H and O–H groups in total. The van der Waals surface area contributed by atoms with Crippen LogP contribution in [0, 0.1) is 10.1 Å². The molecule has 1 atom stereocenters. The van der Waals surface area contributed by atoms with E-state index in [1.54, 1.807) is 57.4 Å². The summed E-state index contributed by atoms with van der Waals surface area (Å²) in [6, 6.07) is 11.0. The first-order chi connectivity index (χ1) is 19.3. The molecule has 11 nitrogen and oxygen atoms in total. The summed E-state index contributed by atoms with van der Waals surface area (Å²) in [4.78, 5) is 45.3. The minimum atomic E-state index is -0.771. The normalized spacial score (nSPS) is 17.3. The Labute approximate surface area is 233 Å². The van der Waals surface area contributed by atoms with Crippen molar-refractivity contribution in [3.8, 4) is 5.75 Å². The number of anilines is 1. The molecule has 12 heteroatoms. The van der Waals surface area contributed by atoms with Gasteiger partial charge in [-0.3, -0.25) is 19.5 Å². The number of esters is 1. The van der Waals surface area contributed by atoms with Gasteiger partial charge in [0.2, 0.25) is 0 Å². The summed E-state index contributed by atoms with van der Waals surface area (Å²) in [5.41, 5.74) is 2.30. The number of hydrogen-bond acceptors (Lipinski definition) is 10. The molecule has 5 rings (SSSR count). The zero-order valence-electron chi connectivity index (χ0n) is 22.3. The smallest absolute Gasteiger partial charge is 0.338 e. The summed E-state index contributed by atoms with van der Waals surface area (Å²) in [7, 11) is 1.56. The van der Waals surface area contributed by atoms with Crippen LogP contribution in [0.15, 0.2) is 63.5 Å². The molecular formula is C28H28N4O7S. The van der Waals surface area contributed by atoms with Crippen LogP contribution in [0.2, 0.25) is 0 Å². The van der Waals surface area contributed by atoms with Crippen molar-refractivity contribution in [2.75, 3.05) is 44.9 Å². The fourth-order valence-electron chi connectivity index (χ4n) is 4.90. The molecular weight excluding hydrogens is 536 g/mol. The first-order valence-corrected chi connectivity index (χ1v) is 13.6. The molecule has 0 unspecified atom stereocenters. The quantitative estimate of drug-likeness (QED) is 0.244. The largest absolute Gasteiger partial charge is 0.497 e. The van der Waals surface area contributed by atoms with Gasteiger partial charge in [-0.15, -0.1) is 0 Å². The topological polar surface area (TPSA) is 126 Å². The van der Waals surface area contributed by atoms with Gasteiger partial charge in [-0.1, -0.05) is 23.5 Å². The van der Waals surface area contributed by atoms with E-state index in [2.05, 4.69) is 9.89 Å². The lowest BCUT2D eigenvalue weighted by Gasteiger charge is -2.30. The second kappa shape index (κ2) is 11.4. The number of nitro groups is 1. The molecule has 2 aliphatic rings. The van der Waals surface area contributed by atoms with Gasteiger partial charge in [0.05, 0.1) is 53.7 Å². The number of non-ortho nitro benzene ring substituents is 1. The summed E-state index contributed by atoms with van der Waals surface area (Å²) < 4.78 is 17.9. The summed E-state index contributed by atoms with van der Waals surface area (Å²) in [5, 5.41) is 11.6. The molecule has 0 saturated carbocycles. The van der Waals surface area contributed by atoms with E-state index in [-0.39, 0.29) is 23.4 Å². The second-order valence-corrected chi connectivity index (χ2v) is 10.2. The molecule has 0 aliphatic carbocycles. The van der Waals surface area contributed by atoms with E-state index in [1.807, 2.05) is 0 Å². The van der Waals surface area contributed by atoms with Gasteiger partial charge >= 0.3 is 5.97 Å². The van der Waals surface area contributed by atoms with Crippen LogP contribution in [0.1, 0.15) is 31.0 Å². The van der Waals surface area contributed by atoms with Gasteiger partial charge in [-0.05, 0) is 43.7 Å². The standard InChI is InChI=1S/C28H28N4O7S/c1-4-39-27(34)24-17(2)29-28-31(25(24)18-5-8-21(37-3)9-6-18)26(33)23(40-28)16-19-15-20(32(35)36)7-10-22(19)30-11-13-38-14-12-30/h5-10,15-16,25H,4,11-14H2,1-3H3/b23-16+/t25-/m0/s1. The number of methoxy groups -OCH3 is 1. The van der Waals surface area contributed by atoms with Crippen LogP contribution in [-0.2, 0) is 14.3 Å². The zero-order chi connectivity index (χ0) is 28.4. The molecule has 0 amide bonds. The maximum atomic E-state index is 14.0. The van der Waals surface area contributed by atoms with Crippen molar-refractivity contribution in [2.45, 2.75) is 19.9 Å². The lowest BCUT2D eigenvalue weighted by molar-refractivity contribution is -0.384. The Morgan fingerprint density at radius 1 is 1.23 bits per heavy atom. The van der Waals surface area contributed by atoms with Crippen LogP contribution < -0.4 is 24.5 Å². The molecule has 1 aromatic heterocycles. The van der Waals surface area contributed by atoms with Gasteiger partial charge in [0, 0.05) is 36.5 Å². The molecule has 0 radical (unpaired) electrons. The number of benzene rings is 2. The minimum Gasteiger partial charge on any atom is -0.497 e. The maximum Gasteiger partial charge on any atom is 0.338 e. The number of carbonyl (C=O) groups excluding carboxylic acids is 1. The highest BCUT2D eigenvalue weighted by Crippen LogP contribution is 2.32. The minimum absolute atomic E-state index is 0.0763. The van der Waals surface area contributed by atoms with Crippen LogP contribution >= 0.6 is 11.3 Å². The van der Waals surface area contributed by atoms with E-state index in [1.165, 1.54) is 28.0 Å². The van der Waals surface area contributed by atoms with Gasteiger partial charge in [0.1, 0.15) is 5.75 Å².